The minimum atomic E-state index is -1.14. The van der Waals surface area contributed by atoms with Crippen LogP contribution in [0, 0.1) is 10.1 Å². The number of methoxy groups -OCH3 is 1. The molecule has 0 aliphatic rings. The third kappa shape index (κ3) is 2.25. The van der Waals surface area contributed by atoms with Crippen molar-refractivity contribution < 1.29 is 19.6 Å². The Labute approximate surface area is 128 Å². The van der Waals surface area contributed by atoms with Crippen molar-refractivity contribution >= 4 is 22.8 Å². The van der Waals surface area contributed by atoms with Gasteiger partial charge >= 0.3 is 11.8 Å². The van der Waals surface area contributed by atoms with E-state index in [2.05, 4.69) is 15.0 Å². The molecule has 0 spiro atoms. The smallest absolute Gasteiger partial charge is 0.382 e. The van der Waals surface area contributed by atoms with E-state index in [0.717, 1.165) is 0 Å². The fourth-order valence-corrected chi connectivity index (χ4v) is 2.29. The van der Waals surface area contributed by atoms with Crippen molar-refractivity contribution in [3.8, 4) is 17.4 Å². The maximum Gasteiger partial charge on any atom is 0.382 e. The number of aromatic nitrogens is 4. The van der Waals surface area contributed by atoms with Crippen molar-refractivity contribution in [1.29, 1.82) is 0 Å². The van der Waals surface area contributed by atoms with Gasteiger partial charge in [-0.2, -0.15) is 0 Å². The van der Waals surface area contributed by atoms with Crippen LogP contribution in [0.3, 0.4) is 0 Å². The molecule has 118 valence electrons. The van der Waals surface area contributed by atoms with Gasteiger partial charge in [0.2, 0.25) is 5.82 Å². The van der Waals surface area contributed by atoms with Gasteiger partial charge in [-0.15, -0.1) is 0 Å². The number of aromatic amines is 1. The van der Waals surface area contributed by atoms with Crippen LogP contribution in [0.1, 0.15) is 10.4 Å². The summed E-state index contributed by atoms with van der Waals surface area (Å²) in [7, 11) is 2.95. The summed E-state index contributed by atoms with van der Waals surface area (Å²) in [6.07, 6.45) is 1.27. The van der Waals surface area contributed by atoms with Crippen LogP contribution in [-0.4, -0.2) is 42.6 Å². The second-order valence-electron chi connectivity index (χ2n) is 4.72. The molecule has 0 radical (unpaired) electrons. The van der Waals surface area contributed by atoms with Crippen LogP contribution in [0.5, 0.6) is 5.75 Å². The molecule has 3 aromatic rings. The molecule has 0 aliphatic carbocycles. The molecular weight excluding hydrogens is 306 g/mol. The van der Waals surface area contributed by atoms with E-state index in [-0.39, 0.29) is 28.8 Å². The molecule has 0 unspecified atom stereocenters. The molecule has 2 N–H and O–H groups in total. The Morgan fingerprint density at radius 2 is 2.17 bits per heavy atom. The van der Waals surface area contributed by atoms with Gasteiger partial charge in [-0.25, -0.2) is 9.78 Å². The maximum atomic E-state index is 11.2. The Balaban J connectivity index is 2.21. The Hall–Kier alpha value is -3.43. The van der Waals surface area contributed by atoms with Gasteiger partial charge in [0, 0.05) is 7.05 Å². The van der Waals surface area contributed by atoms with Gasteiger partial charge in [-0.05, 0) is 22.0 Å². The summed E-state index contributed by atoms with van der Waals surface area (Å²) in [5, 5.41) is 20.0. The first kappa shape index (κ1) is 14.5. The fraction of sp³-hybridized carbons (Fsp3) is 0.154. The summed E-state index contributed by atoms with van der Waals surface area (Å²) >= 11 is 0. The molecule has 2 aromatic heterocycles. The summed E-state index contributed by atoms with van der Waals surface area (Å²) in [4.78, 5) is 32.6. The Kier molecular flexibility index (Phi) is 3.21. The van der Waals surface area contributed by atoms with Crippen LogP contribution in [0.15, 0.2) is 18.3 Å². The second kappa shape index (κ2) is 5.09. The second-order valence-corrected chi connectivity index (χ2v) is 4.72. The van der Waals surface area contributed by atoms with Crippen LogP contribution in [0.25, 0.3) is 22.7 Å². The predicted octanol–water partition coefficient (Wildman–Crippen LogP) is 1.58. The summed E-state index contributed by atoms with van der Waals surface area (Å²) < 4.78 is 6.60. The van der Waals surface area contributed by atoms with Gasteiger partial charge in [0.25, 0.3) is 5.82 Å². The Morgan fingerprint density at radius 1 is 1.43 bits per heavy atom. The fourth-order valence-electron chi connectivity index (χ4n) is 2.29. The van der Waals surface area contributed by atoms with E-state index in [1.165, 1.54) is 23.9 Å². The molecule has 0 atom stereocenters. The third-order valence-corrected chi connectivity index (χ3v) is 3.31. The molecule has 0 amide bonds. The number of nitro groups is 1. The monoisotopic (exact) mass is 317 g/mol. The topological polar surface area (TPSA) is 136 Å². The number of hydrogen-bond donors (Lipinski definition) is 2. The predicted molar refractivity (Wildman–Crippen MR) is 78.5 cm³/mol. The van der Waals surface area contributed by atoms with Crippen molar-refractivity contribution in [2.75, 3.05) is 7.11 Å². The quantitative estimate of drug-likeness (QED) is 0.550. The molecule has 10 nitrogen and oxygen atoms in total. The van der Waals surface area contributed by atoms with E-state index < -0.39 is 10.9 Å². The number of carboxylic acids is 1. The summed E-state index contributed by atoms with van der Waals surface area (Å²) in [6, 6.07) is 2.95. The normalized spacial score (nSPS) is 10.9. The minimum absolute atomic E-state index is 0.0242. The first-order valence-corrected chi connectivity index (χ1v) is 6.40. The highest BCUT2D eigenvalue weighted by molar-refractivity contribution is 5.98. The molecule has 10 heteroatoms. The van der Waals surface area contributed by atoms with Crippen LogP contribution >= 0.6 is 0 Å². The zero-order valence-corrected chi connectivity index (χ0v) is 12.1. The van der Waals surface area contributed by atoms with Gasteiger partial charge in [0.1, 0.15) is 17.3 Å². The van der Waals surface area contributed by atoms with E-state index in [9.17, 15) is 20.0 Å². The highest BCUT2D eigenvalue weighted by atomic mass is 16.6. The van der Waals surface area contributed by atoms with Crippen molar-refractivity contribution in [3.05, 3.63) is 34.0 Å². The molecule has 0 saturated heterocycles. The average Bonchev–Trinajstić information content (AvgIpc) is 3.08. The lowest BCUT2D eigenvalue weighted by atomic mass is 10.2. The first-order valence-electron chi connectivity index (χ1n) is 6.40. The number of ether oxygens (including phenoxy) is 1. The molecule has 0 fully saturated rings. The molecule has 3 rings (SSSR count). The minimum Gasteiger partial charge on any atom is -0.493 e. The largest absolute Gasteiger partial charge is 0.493 e. The van der Waals surface area contributed by atoms with Crippen LogP contribution in [0.4, 0.5) is 5.82 Å². The van der Waals surface area contributed by atoms with Crippen LogP contribution in [0.2, 0.25) is 0 Å². The standard InChI is InChI=1S/C13H11N5O5/c1-17-5-8(18(21)22)15-12(17)11-14-7-4-3-6(13(19)20)10(23-2)9(7)16-11/h3-5H,1-2H3,(H,14,16)(H,19,20). The molecular formula is C13H11N5O5. The number of benzene rings is 1. The Bertz CT molecular complexity index is 942. The van der Waals surface area contributed by atoms with Crippen molar-refractivity contribution in [2.45, 2.75) is 0 Å². The average molecular weight is 317 g/mol. The van der Waals surface area contributed by atoms with Crippen molar-refractivity contribution in [3.63, 3.8) is 0 Å². The maximum absolute atomic E-state index is 11.2. The van der Waals surface area contributed by atoms with E-state index in [1.54, 1.807) is 13.1 Å². The molecule has 2 heterocycles. The van der Waals surface area contributed by atoms with Crippen LogP contribution in [-0.2, 0) is 7.05 Å². The molecule has 0 saturated carbocycles. The SMILES string of the molecule is COc1c(C(=O)O)ccc2[nH]c(-c3nc([N+](=O)[O-])cn3C)nc12. The number of rotatable bonds is 4. The molecule has 0 bridgehead atoms. The van der Waals surface area contributed by atoms with Crippen molar-refractivity contribution in [1.82, 2.24) is 19.5 Å². The number of hydrogen-bond acceptors (Lipinski definition) is 6. The van der Waals surface area contributed by atoms with Gasteiger partial charge in [0.15, 0.2) is 5.75 Å². The van der Waals surface area contributed by atoms with E-state index in [1.807, 2.05) is 0 Å². The third-order valence-electron chi connectivity index (χ3n) is 3.31. The molecule has 0 aliphatic heterocycles. The number of H-pyrrole nitrogens is 1. The zero-order chi connectivity index (χ0) is 16.7. The lowest BCUT2D eigenvalue weighted by Gasteiger charge is -2.04. The molecule has 1 aromatic carbocycles. The van der Waals surface area contributed by atoms with Gasteiger partial charge in [-0.1, -0.05) is 0 Å². The zero-order valence-electron chi connectivity index (χ0n) is 12.1. The number of aryl methyl sites for hydroxylation is 1. The van der Waals surface area contributed by atoms with Crippen LogP contribution < -0.4 is 4.74 Å². The van der Waals surface area contributed by atoms with Gasteiger partial charge < -0.3 is 29.5 Å². The van der Waals surface area contributed by atoms with E-state index in [4.69, 9.17) is 4.74 Å². The lowest BCUT2D eigenvalue weighted by molar-refractivity contribution is -0.389. The number of carbonyl (C=O) groups is 1. The number of carboxylic acid groups (broad SMARTS) is 1. The highest BCUT2D eigenvalue weighted by Crippen LogP contribution is 2.30. The van der Waals surface area contributed by atoms with E-state index >= 15 is 0 Å². The summed E-state index contributed by atoms with van der Waals surface area (Å²) in [5.74, 6) is -0.799. The number of nitrogens with zero attached hydrogens (tertiary/aromatic N) is 4. The number of aromatic carboxylic acids is 1. The highest BCUT2D eigenvalue weighted by Gasteiger charge is 2.23. The van der Waals surface area contributed by atoms with E-state index in [0.29, 0.717) is 11.0 Å². The summed E-state index contributed by atoms with van der Waals surface area (Å²) in [5.41, 5.74) is 0.824. The Morgan fingerprint density at radius 3 is 2.74 bits per heavy atom. The summed E-state index contributed by atoms with van der Waals surface area (Å²) in [6.45, 7) is 0. The number of imidazole rings is 2. The first-order chi connectivity index (χ1) is 10.9. The van der Waals surface area contributed by atoms with Gasteiger partial charge in [0.05, 0.1) is 12.6 Å². The van der Waals surface area contributed by atoms with Crippen molar-refractivity contribution in [2.24, 2.45) is 7.05 Å². The number of fused-ring (bicyclic) bond motifs is 1. The number of nitrogens with one attached hydrogen (secondary N) is 1. The molecule has 23 heavy (non-hydrogen) atoms. The van der Waals surface area contributed by atoms with Gasteiger partial charge in [-0.3, -0.25) is 0 Å². The lowest BCUT2D eigenvalue weighted by Crippen LogP contribution is -2.00.